The van der Waals surface area contributed by atoms with Gasteiger partial charge in [0, 0.05) is 21.8 Å². The minimum absolute atomic E-state index is 0.0370. The van der Waals surface area contributed by atoms with Crippen molar-refractivity contribution in [2.24, 2.45) is 0 Å². The predicted octanol–water partition coefficient (Wildman–Crippen LogP) is 7.30. The number of hydrogen-bond acceptors (Lipinski definition) is 3. The molecule has 4 rings (SSSR count). The number of carbonyl (C=O) groups is 1. The molecule has 3 aromatic carbocycles. The third-order valence-electron chi connectivity index (χ3n) is 4.91. The molecule has 32 heavy (non-hydrogen) atoms. The highest BCUT2D eigenvalue weighted by atomic mass is 35.5. The van der Waals surface area contributed by atoms with Gasteiger partial charge in [-0.2, -0.15) is 13.2 Å². The van der Waals surface area contributed by atoms with E-state index in [2.05, 4.69) is 0 Å². The number of aromatic nitrogens is 1. The van der Waals surface area contributed by atoms with Gasteiger partial charge in [-0.15, -0.1) is 0 Å². The lowest BCUT2D eigenvalue weighted by atomic mass is 10.2. The Morgan fingerprint density at radius 2 is 1.78 bits per heavy atom. The molecule has 0 aliphatic heterocycles. The number of benzene rings is 3. The Hall–Kier alpha value is -2.90. The largest absolute Gasteiger partial charge is 0.465 e. The van der Waals surface area contributed by atoms with Gasteiger partial charge in [0.15, 0.2) is 0 Å². The van der Waals surface area contributed by atoms with E-state index in [4.69, 9.17) is 16.3 Å². The SMILES string of the molecule is COC(=O)c1cccc(Sc2c(C(F)(F)F)n(Cc3ccccc3)c3cc(Cl)ccc23)c1. The minimum atomic E-state index is -4.61. The van der Waals surface area contributed by atoms with Gasteiger partial charge >= 0.3 is 12.1 Å². The summed E-state index contributed by atoms with van der Waals surface area (Å²) < 4.78 is 49.1. The second-order valence-corrected chi connectivity index (χ2v) is 8.55. The number of carbonyl (C=O) groups excluding carboxylic acids is 1. The summed E-state index contributed by atoms with van der Waals surface area (Å²) in [5.74, 6) is -0.554. The summed E-state index contributed by atoms with van der Waals surface area (Å²) in [7, 11) is 1.25. The molecule has 0 atom stereocenters. The summed E-state index contributed by atoms with van der Waals surface area (Å²) >= 11 is 7.11. The molecule has 1 aromatic heterocycles. The van der Waals surface area contributed by atoms with Crippen LogP contribution >= 0.6 is 23.4 Å². The molecule has 0 spiro atoms. The lowest BCUT2D eigenvalue weighted by Crippen LogP contribution is -2.15. The lowest BCUT2D eigenvalue weighted by molar-refractivity contribution is -0.145. The zero-order valence-electron chi connectivity index (χ0n) is 16.8. The van der Waals surface area contributed by atoms with Crippen molar-refractivity contribution in [1.82, 2.24) is 4.57 Å². The Labute approximate surface area is 191 Å². The Morgan fingerprint density at radius 3 is 2.47 bits per heavy atom. The van der Waals surface area contributed by atoms with E-state index in [0.717, 1.165) is 17.3 Å². The Balaban J connectivity index is 1.91. The summed E-state index contributed by atoms with van der Waals surface area (Å²) in [6, 6.07) is 20.0. The molecule has 0 radical (unpaired) electrons. The van der Waals surface area contributed by atoms with Gasteiger partial charge in [0.1, 0.15) is 5.69 Å². The molecule has 0 amide bonds. The van der Waals surface area contributed by atoms with Crippen LogP contribution in [0, 0.1) is 0 Å². The van der Waals surface area contributed by atoms with Crippen LogP contribution in [0.1, 0.15) is 21.6 Å². The van der Waals surface area contributed by atoms with E-state index in [0.29, 0.717) is 20.8 Å². The van der Waals surface area contributed by atoms with Crippen molar-refractivity contribution in [2.75, 3.05) is 7.11 Å². The smallest absolute Gasteiger partial charge is 0.432 e. The number of nitrogens with zero attached hydrogens (tertiary/aromatic N) is 1. The van der Waals surface area contributed by atoms with E-state index in [-0.39, 0.29) is 17.0 Å². The Bertz CT molecular complexity index is 1290. The van der Waals surface area contributed by atoms with Crippen molar-refractivity contribution < 1.29 is 22.7 Å². The fraction of sp³-hybridized carbons (Fsp3) is 0.125. The van der Waals surface area contributed by atoms with Gasteiger partial charge in [-0.05, 0) is 35.9 Å². The fourth-order valence-corrected chi connectivity index (χ4v) is 4.87. The number of esters is 1. The number of alkyl halides is 3. The van der Waals surface area contributed by atoms with Crippen LogP contribution in [0.15, 0.2) is 82.6 Å². The van der Waals surface area contributed by atoms with Gasteiger partial charge in [-0.3, -0.25) is 0 Å². The normalized spacial score (nSPS) is 11.7. The van der Waals surface area contributed by atoms with Crippen molar-refractivity contribution in [3.8, 4) is 0 Å². The van der Waals surface area contributed by atoms with Crippen LogP contribution in [-0.4, -0.2) is 17.6 Å². The molecule has 4 aromatic rings. The molecule has 0 N–H and O–H groups in total. The zero-order chi connectivity index (χ0) is 22.9. The van der Waals surface area contributed by atoms with Crippen LogP contribution in [0.4, 0.5) is 13.2 Å². The van der Waals surface area contributed by atoms with E-state index in [1.54, 1.807) is 60.7 Å². The minimum Gasteiger partial charge on any atom is -0.465 e. The number of hydrogen-bond donors (Lipinski definition) is 0. The van der Waals surface area contributed by atoms with Crippen molar-refractivity contribution in [2.45, 2.75) is 22.5 Å². The maximum absolute atomic E-state index is 14.4. The molecular formula is C24H17ClF3NO2S. The second-order valence-electron chi connectivity index (χ2n) is 7.03. The average molecular weight is 476 g/mol. The van der Waals surface area contributed by atoms with Crippen LogP contribution in [-0.2, 0) is 17.5 Å². The van der Waals surface area contributed by atoms with Gasteiger partial charge in [0.05, 0.1) is 23.1 Å². The monoisotopic (exact) mass is 475 g/mol. The maximum atomic E-state index is 14.4. The van der Waals surface area contributed by atoms with Crippen LogP contribution in [0.25, 0.3) is 10.9 Å². The van der Waals surface area contributed by atoms with E-state index in [9.17, 15) is 18.0 Å². The van der Waals surface area contributed by atoms with Gasteiger partial charge in [0.2, 0.25) is 0 Å². The van der Waals surface area contributed by atoms with Crippen LogP contribution in [0.2, 0.25) is 5.02 Å². The summed E-state index contributed by atoms with van der Waals surface area (Å²) in [5, 5.41) is 0.786. The molecule has 0 saturated heterocycles. The summed E-state index contributed by atoms with van der Waals surface area (Å²) in [6.45, 7) is 0.0370. The number of halogens is 4. The Kier molecular flexibility index (Phi) is 6.22. The first kappa shape index (κ1) is 22.3. The van der Waals surface area contributed by atoms with Crippen molar-refractivity contribution in [3.63, 3.8) is 0 Å². The van der Waals surface area contributed by atoms with E-state index in [1.165, 1.54) is 17.7 Å². The maximum Gasteiger partial charge on any atom is 0.432 e. The Morgan fingerprint density at radius 1 is 1.03 bits per heavy atom. The van der Waals surface area contributed by atoms with Crippen LogP contribution in [0.5, 0.6) is 0 Å². The number of methoxy groups -OCH3 is 1. The van der Waals surface area contributed by atoms with Gasteiger partial charge in [-0.25, -0.2) is 4.79 Å². The molecule has 0 unspecified atom stereocenters. The third-order valence-corrected chi connectivity index (χ3v) is 6.25. The van der Waals surface area contributed by atoms with E-state index < -0.39 is 17.8 Å². The highest BCUT2D eigenvalue weighted by Crippen LogP contribution is 2.46. The third kappa shape index (κ3) is 4.49. The zero-order valence-corrected chi connectivity index (χ0v) is 18.4. The highest BCUT2D eigenvalue weighted by Gasteiger charge is 2.39. The molecule has 1 heterocycles. The molecule has 164 valence electrons. The van der Waals surface area contributed by atoms with Gasteiger partial charge < -0.3 is 9.30 Å². The van der Waals surface area contributed by atoms with Crippen molar-refractivity contribution in [3.05, 3.63) is 94.6 Å². The van der Waals surface area contributed by atoms with E-state index >= 15 is 0 Å². The van der Waals surface area contributed by atoms with E-state index in [1.807, 2.05) is 6.07 Å². The number of ether oxygens (including phenoxy) is 1. The molecule has 0 saturated carbocycles. The van der Waals surface area contributed by atoms with Crippen LogP contribution in [0.3, 0.4) is 0 Å². The molecule has 0 aliphatic rings. The summed E-state index contributed by atoms with van der Waals surface area (Å²) in [6.07, 6.45) is -4.61. The van der Waals surface area contributed by atoms with Gasteiger partial charge in [-0.1, -0.05) is 65.8 Å². The van der Waals surface area contributed by atoms with Crippen molar-refractivity contribution in [1.29, 1.82) is 0 Å². The lowest BCUT2D eigenvalue weighted by Gasteiger charge is -2.15. The molecule has 3 nitrogen and oxygen atoms in total. The highest BCUT2D eigenvalue weighted by molar-refractivity contribution is 7.99. The first-order valence-electron chi connectivity index (χ1n) is 9.57. The topological polar surface area (TPSA) is 31.2 Å². The molecule has 0 fully saturated rings. The molecule has 8 heteroatoms. The number of rotatable bonds is 5. The van der Waals surface area contributed by atoms with Crippen molar-refractivity contribution >= 4 is 40.2 Å². The quantitative estimate of drug-likeness (QED) is 0.284. The molecule has 0 aliphatic carbocycles. The average Bonchev–Trinajstić information content (AvgIpc) is 3.06. The fourth-order valence-electron chi connectivity index (χ4n) is 3.53. The second kappa shape index (κ2) is 8.92. The summed E-state index contributed by atoms with van der Waals surface area (Å²) in [4.78, 5) is 12.4. The molecule has 0 bridgehead atoms. The molecular weight excluding hydrogens is 459 g/mol. The van der Waals surface area contributed by atoms with Gasteiger partial charge in [0.25, 0.3) is 0 Å². The summed E-state index contributed by atoms with van der Waals surface area (Å²) in [5.41, 5.74) is 0.633. The first-order chi connectivity index (χ1) is 15.3. The standard InChI is InChI=1S/C24H17ClF3NO2S/c1-31-23(30)16-8-5-9-18(12-16)32-21-19-11-10-17(25)13-20(19)29(22(21)24(26,27)28)14-15-6-3-2-4-7-15/h2-13H,14H2,1H3. The predicted molar refractivity (Wildman–Crippen MR) is 119 cm³/mol. The number of fused-ring (bicyclic) bond motifs is 1. The first-order valence-corrected chi connectivity index (χ1v) is 10.8. The van der Waals surface area contributed by atoms with Crippen LogP contribution < -0.4 is 0 Å².